The van der Waals surface area contributed by atoms with E-state index in [4.69, 9.17) is 4.74 Å². The highest BCUT2D eigenvalue weighted by Gasteiger charge is 2.47. The number of ether oxygens (including phenoxy) is 1. The Labute approximate surface area is 181 Å². The Hall–Kier alpha value is -3.35. The molecule has 1 unspecified atom stereocenters. The second-order valence-corrected chi connectivity index (χ2v) is 8.36. The molecule has 31 heavy (non-hydrogen) atoms. The van der Waals surface area contributed by atoms with Gasteiger partial charge in [0.15, 0.2) is 0 Å². The number of benzene rings is 2. The first-order chi connectivity index (χ1) is 14.8. The smallest absolute Gasteiger partial charge is 0.407 e. The Kier molecular flexibility index (Phi) is 5.43. The first kappa shape index (κ1) is 20.9. The van der Waals surface area contributed by atoms with Crippen molar-refractivity contribution < 1.29 is 24.2 Å². The van der Waals surface area contributed by atoms with Gasteiger partial charge in [0.2, 0.25) is 5.91 Å². The number of carbonyl (C=O) groups is 3. The summed E-state index contributed by atoms with van der Waals surface area (Å²) in [5.41, 5.74) is 3.24. The molecule has 1 aliphatic carbocycles. The monoisotopic (exact) mass is 422 g/mol. The van der Waals surface area contributed by atoms with Crippen molar-refractivity contribution in [2.75, 3.05) is 13.2 Å². The van der Waals surface area contributed by atoms with E-state index in [1.807, 2.05) is 36.4 Å². The second-order valence-electron chi connectivity index (χ2n) is 8.36. The molecule has 7 nitrogen and oxygen atoms in total. The molecule has 7 heteroatoms. The minimum absolute atomic E-state index is 0.0713. The zero-order chi connectivity index (χ0) is 22.2. The van der Waals surface area contributed by atoms with Crippen LogP contribution >= 0.6 is 0 Å². The molecule has 2 amide bonds. The Balaban J connectivity index is 1.40. The number of likely N-dealkylation sites (tertiary alicyclic amines) is 1. The molecule has 2 aromatic rings. The Morgan fingerprint density at radius 1 is 1.13 bits per heavy atom. The molecule has 0 aromatic heterocycles. The molecule has 1 saturated heterocycles. The van der Waals surface area contributed by atoms with Crippen LogP contribution in [-0.4, -0.2) is 52.7 Å². The van der Waals surface area contributed by atoms with Crippen LogP contribution in [0.5, 0.6) is 0 Å². The standard InChI is InChI=1S/C24H26N2O5/c1-15(21(27)26-13-7-12-24(26,2)22(28)29)25-23(30)31-14-20-18-10-5-3-8-16(18)17-9-4-6-11-19(17)20/h3-6,8-11,15,20H,7,12-14H2,1-2H3,(H,25,30)(H,28,29)/t15?,24-/m0/s1. The fourth-order valence-corrected chi connectivity index (χ4v) is 4.65. The molecule has 2 atom stereocenters. The van der Waals surface area contributed by atoms with Gasteiger partial charge in [-0.05, 0) is 48.9 Å². The quantitative estimate of drug-likeness (QED) is 0.770. The summed E-state index contributed by atoms with van der Waals surface area (Å²) in [6.07, 6.45) is 0.316. The highest BCUT2D eigenvalue weighted by Crippen LogP contribution is 2.44. The summed E-state index contributed by atoms with van der Waals surface area (Å²) < 4.78 is 5.49. The van der Waals surface area contributed by atoms with E-state index >= 15 is 0 Å². The van der Waals surface area contributed by atoms with Gasteiger partial charge in [0, 0.05) is 12.5 Å². The van der Waals surface area contributed by atoms with Gasteiger partial charge in [0.1, 0.15) is 18.2 Å². The lowest BCUT2D eigenvalue weighted by molar-refractivity contribution is -0.155. The van der Waals surface area contributed by atoms with Crippen LogP contribution in [0.1, 0.15) is 43.7 Å². The maximum Gasteiger partial charge on any atom is 0.407 e. The van der Waals surface area contributed by atoms with Crippen LogP contribution in [0, 0.1) is 0 Å². The Morgan fingerprint density at radius 3 is 2.29 bits per heavy atom. The molecule has 2 N–H and O–H groups in total. The molecule has 1 heterocycles. The van der Waals surface area contributed by atoms with Crippen LogP contribution < -0.4 is 5.32 Å². The molecule has 0 radical (unpaired) electrons. The van der Waals surface area contributed by atoms with Crippen LogP contribution in [0.3, 0.4) is 0 Å². The summed E-state index contributed by atoms with van der Waals surface area (Å²) in [7, 11) is 0. The van der Waals surface area contributed by atoms with Gasteiger partial charge in [0.25, 0.3) is 0 Å². The summed E-state index contributed by atoms with van der Waals surface area (Å²) in [4.78, 5) is 38.2. The van der Waals surface area contributed by atoms with E-state index < -0.39 is 29.6 Å². The third-order valence-electron chi connectivity index (χ3n) is 6.42. The third kappa shape index (κ3) is 3.65. The number of carbonyl (C=O) groups excluding carboxylic acids is 2. The minimum Gasteiger partial charge on any atom is -0.480 e. The number of amides is 2. The fourth-order valence-electron chi connectivity index (χ4n) is 4.65. The largest absolute Gasteiger partial charge is 0.480 e. The fraction of sp³-hybridized carbons (Fsp3) is 0.375. The zero-order valence-corrected chi connectivity index (χ0v) is 17.6. The summed E-state index contributed by atoms with van der Waals surface area (Å²) in [6.45, 7) is 3.60. The molecule has 0 saturated carbocycles. The van der Waals surface area contributed by atoms with Crippen molar-refractivity contribution in [1.29, 1.82) is 0 Å². The average Bonchev–Trinajstić information content (AvgIpc) is 3.31. The molecule has 0 bridgehead atoms. The van der Waals surface area contributed by atoms with Crippen molar-refractivity contribution in [3.8, 4) is 11.1 Å². The lowest BCUT2D eigenvalue weighted by atomic mass is 9.98. The van der Waals surface area contributed by atoms with Crippen LogP contribution in [0.2, 0.25) is 0 Å². The predicted molar refractivity (Wildman–Crippen MR) is 115 cm³/mol. The van der Waals surface area contributed by atoms with Crippen molar-refractivity contribution in [3.63, 3.8) is 0 Å². The highest BCUT2D eigenvalue weighted by molar-refractivity contribution is 5.91. The van der Waals surface area contributed by atoms with Gasteiger partial charge in [-0.3, -0.25) is 4.79 Å². The third-order valence-corrected chi connectivity index (χ3v) is 6.42. The summed E-state index contributed by atoms with van der Waals surface area (Å²) in [5, 5.41) is 12.1. The van der Waals surface area contributed by atoms with Gasteiger partial charge in [-0.25, -0.2) is 9.59 Å². The maximum atomic E-state index is 12.8. The van der Waals surface area contributed by atoms with Crippen molar-refractivity contribution >= 4 is 18.0 Å². The molecule has 2 aromatic carbocycles. The summed E-state index contributed by atoms with van der Waals surface area (Å²) >= 11 is 0. The van der Waals surface area contributed by atoms with Gasteiger partial charge in [-0.1, -0.05) is 48.5 Å². The summed E-state index contributed by atoms with van der Waals surface area (Å²) in [5.74, 6) is -1.53. The van der Waals surface area contributed by atoms with Gasteiger partial charge in [0.05, 0.1) is 0 Å². The molecule has 1 aliphatic heterocycles. The zero-order valence-electron chi connectivity index (χ0n) is 17.6. The van der Waals surface area contributed by atoms with E-state index in [1.54, 1.807) is 13.8 Å². The first-order valence-electron chi connectivity index (χ1n) is 10.5. The SMILES string of the molecule is CC(NC(=O)OCC1c2ccccc2-c2ccccc21)C(=O)N1CCC[C@@]1(C)C(=O)O. The van der Waals surface area contributed by atoms with E-state index in [-0.39, 0.29) is 12.5 Å². The number of carboxylic acid groups (broad SMARTS) is 1. The average molecular weight is 422 g/mol. The van der Waals surface area contributed by atoms with Crippen molar-refractivity contribution in [1.82, 2.24) is 10.2 Å². The molecule has 162 valence electrons. The lowest BCUT2D eigenvalue weighted by Crippen LogP contribution is -2.56. The first-order valence-corrected chi connectivity index (χ1v) is 10.5. The van der Waals surface area contributed by atoms with E-state index in [1.165, 1.54) is 4.90 Å². The van der Waals surface area contributed by atoms with E-state index in [0.717, 1.165) is 22.3 Å². The van der Waals surface area contributed by atoms with Crippen LogP contribution in [0.15, 0.2) is 48.5 Å². The van der Waals surface area contributed by atoms with Gasteiger partial charge in [-0.15, -0.1) is 0 Å². The Morgan fingerprint density at radius 2 is 1.71 bits per heavy atom. The van der Waals surface area contributed by atoms with Gasteiger partial charge >= 0.3 is 12.1 Å². The van der Waals surface area contributed by atoms with Crippen molar-refractivity contribution in [3.05, 3.63) is 59.7 Å². The number of rotatable bonds is 5. The predicted octanol–water partition coefficient (Wildman–Crippen LogP) is 3.38. The number of carboxylic acids is 1. The topological polar surface area (TPSA) is 95.9 Å². The van der Waals surface area contributed by atoms with E-state index in [9.17, 15) is 19.5 Å². The number of aliphatic carboxylic acids is 1. The molecular formula is C24H26N2O5. The lowest BCUT2D eigenvalue weighted by Gasteiger charge is -2.33. The number of nitrogens with zero attached hydrogens (tertiary/aromatic N) is 1. The van der Waals surface area contributed by atoms with Gasteiger partial charge in [-0.2, -0.15) is 0 Å². The number of alkyl carbamates (subject to hydrolysis) is 1. The van der Waals surface area contributed by atoms with Gasteiger partial charge < -0.3 is 20.1 Å². The molecule has 2 aliphatic rings. The number of nitrogens with one attached hydrogen (secondary N) is 1. The van der Waals surface area contributed by atoms with Crippen molar-refractivity contribution in [2.45, 2.75) is 44.2 Å². The normalized spacial score (nSPS) is 20.6. The maximum absolute atomic E-state index is 12.8. The van der Waals surface area contributed by atoms with E-state index in [0.29, 0.717) is 19.4 Å². The van der Waals surface area contributed by atoms with Crippen LogP contribution in [0.4, 0.5) is 4.79 Å². The number of fused-ring (bicyclic) bond motifs is 3. The highest BCUT2D eigenvalue weighted by atomic mass is 16.5. The second kappa shape index (κ2) is 8.06. The number of hydrogen-bond acceptors (Lipinski definition) is 4. The van der Waals surface area contributed by atoms with E-state index in [2.05, 4.69) is 17.4 Å². The minimum atomic E-state index is -1.24. The molecule has 1 fully saturated rings. The number of hydrogen-bond donors (Lipinski definition) is 2. The molecule has 0 spiro atoms. The molecular weight excluding hydrogens is 396 g/mol. The van der Waals surface area contributed by atoms with Crippen LogP contribution in [0.25, 0.3) is 11.1 Å². The molecule has 4 rings (SSSR count). The van der Waals surface area contributed by atoms with Crippen LogP contribution in [-0.2, 0) is 14.3 Å². The van der Waals surface area contributed by atoms with Crippen molar-refractivity contribution in [2.24, 2.45) is 0 Å². The Bertz CT molecular complexity index is 991. The summed E-state index contributed by atoms with van der Waals surface area (Å²) in [6, 6.07) is 15.2.